The van der Waals surface area contributed by atoms with Gasteiger partial charge in [-0.2, -0.15) is 0 Å². The molecule has 0 aromatic rings. The van der Waals surface area contributed by atoms with Crippen LogP contribution in [0.4, 0.5) is 0 Å². The Labute approximate surface area is 72.6 Å². The Hall–Kier alpha value is 1.05. The maximum Gasteiger partial charge on any atom is 0.164 e. The minimum Gasteiger partial charge on any atom is -0.407 e. The second kappa shape index (κ2) is 7.16. The quantitative estimate of drug-likeness (QED) is 0.378. The lowest BCUT2D eigenvalue weighted by atomic mass is 10.9. The van der Waals surface area contributed by atoms with Crippen molar-refractivity contribution in [3.05, 3.63) is 0 Å². The summed E-state index contributed by atoms with van der Waals surface area (Å²) in [7, 11) is -0.495. The molecule has 0 saturated heterocycles. The normalized spacial score (nSPS) is 15.0. The molecular weight excluding hydrogens is 198 g/mol. The van der Waals surface area contributed by atoms with Crippen LogP contribution in [0.5, 0.6) is 0 Å². The molecule has 5 heteroatoms. The van der Waals surface area contributed by atoms with Crippen molar-refractivity contribution >= 4 is 44.6 Å². The summed E-state index contributed by atoms with van der Waals surface area (Å²) in [5, 5.41) is 0. The SMILES string of the molecule is ClCC[SiH2]OC(Cl)CCl. The first-order valence-corrected chi connectivity index (χ1v) is 5.77. The highest BCUT2D eigenvalue weighted by Crippen LogP contribution is 2.00. The lowest BCUT2D eigenvalue weighted by Gasteiger charge is -2.04. The predicted octanol–water partition coefficient (Wildman–Crippen LogP) is 1.55. The van der Waals surface area contributed by atoms with E-state index in [0.29, 0.717) is 11.8 Å². The van der Waals surface area contributed by atoms with Crippen molar-refractivity contribution in [1.82, 2.24) is 0 Å². The van der Waals surface area contributed by atoms with E-state index >= 15 is 0 Å². The molecule has 0 aromatic heterocycles. The van der Waals surface area contributed by atoms with Crippen LogP contribution in [-0.4, -0.2) is 27.1 Å². The molecule has 0 N–H and O–H groups in total. The van der Waals surface area contributed by atoms with Crippen molar-refractivity contribution < 1.29 is 4.43 Å². The zero-order valence-corrected chi connectivity index (χ0v) is 8.63. The molecule has 0 amide bonds. The molecule has 0 aliphatic heterocycles. The van der Waals surface area contributed by atoms with E-state index in [9.17, 15) is 0 Å². The fraction of sp³-hybridized carbons (Fsp3) is 1.00. The van der Waals surface area contributed by atoms with Gasteiger partial charge in [-0.1, -0.05) is 11.6 Å². The first-order chi connectivity index (χ1) is 4.31. The highest BCUT2D eigenvalue weighted by molar-refractivity contribution is 6.34. The molecule has 9 heavy (non-hydrogen) atoms. The topological polar surface area (TPSA) is 9.23 Å². The molecule has 0 saturated carbocycles. The molecule has 0 fully saturated rings. The second-order valence-corrected chi connectivity index (χ2v) is 4.10. The standard InChI is InChI=1S/C4H9Cl3OSi/c5-1-2-9-8-4(7)3-6/h4H,1-3,9H2. The van der Waals surface area contributed by atoms with Crippen molar-refractivity contribution in [2.45, 2.75) is 11.6 Å². The molecule has 0 aromatic carbocycles. The third-order valence-corrected chi connectivity index (χ3v) is 3.62. The van der Waals surface area contributed by atoms with Crippen LogP contribution in [0.2, 0.25) is 6.04 Å². The Morgan fingerprint density at radius 1 is 1.44 bits per heavy atom. The van der Waals surface area contributed by atoms with Gasteiger partial charge in [0.15, 0.2) is 9.76 Å². The van der Waals surface area contributed by atoms with Crippen LogP contribution in [0.15, 0.2) is 0 Å². The molecule has 0 aliphatic rings. The number of alkyl halides is 3. The van der Waals surface area contributed by atoms with E-state index in [1.54, 1.807) is 0 Å². The number of hydrogen-bond acceptors (Lipinski definition) is 1. The Kier molecular flexibility index (Phi) is 7.99. The molecular formula is C4H9Cl3OSi. The summed E-state index contributed by atoms with van der Waals surface area (Å²) in [6.07, 6.45) is 0. The van der Waals surface area contributed by atoms with E-state index < -0.39 is 9.76 Å². The van der Waals surface area contributed by atoms with Gasteiger partial charge in [-0.15, -0.1) is 23.2 Å². The molecule has 0 spiro atoms. The maximum absolute atomic E-state index is 5.54. The lowest BCUT2D eigenvalue weighted by Crippen LogP contribution is -2.10. The Bertz CT molecular complexity index is 63.8. The van der Waals surface area contributed by atoms with Crippen molar-refractivity contribution in [3.63, 3.8) is 0 Å². The van der Waals surface area contributed by atoms with Crippen LogP contribution in [0.1, 0.15) is 0 Å². The Balaban J connectivity index is 2.88. The van der Waals surface area contributed by atoms with Gasteiger partial charge in [-0.3, -0.25) is 0 Å². The number of hydrogen-bond donors (Lipinski definition) is 0. The largest absolute Gasteiger partial charge is 0.407 e. The molecule has 1 atom stereocenters. The van der Waals surface area contributed by atoms with Gasteiger partial charge >= 0.3 is 0 Å². The fourth-order valence-electron chi connectivity index (χ4n) is 0.310. The van der Waals surface area contributed by atoms with Crippen molar-refractivity contribution in [3.8, 4) is 0 Å². The van der Waals surface area contributed by atoms with Crippen LogP contribution < -0.4 is 0 Å². The average molecular weight is 208 g/mol. The summed E-state index contributed by atoms with van der Waals surface area (Å²) in [6.45, 7) is 0. The van der Waals surface area contributed by atoms with E-state index in [2.05, 4.69) is 0 Å². The lowest BCUT2D eigenvalue weighted by molar-refractivity contribution is 0.322. The molecule has 56 valence electrons. The highest BCUT2D eigenvalue weighted by atomic mass is 35.5. The van der Waals surface area contributed by atoms with Gasteiger partial charge in [0.25, 0.3) is 0 Å². The summed E-state index contributed by atoms with van der Waals surface area (Å²) in [5.41, 5.74) is -0.304. The first-order valence-electron chi connectivity index (χ1n) is 2.69. The molecule has 0 heterocycles. The molecule has 0 radical (unpaired) electrons. The van der Waals surface area contributed by atoms with Crippen molar-refractivity contribution in [2.24, 2.45) is 0 Å². The van der Waals surface area contributed by atoms with Gasteiger partial charge < -0.3 is 4.43 Å². The Morgan fingerprint density at radius 2 is 2.11 bits per heavy atom. The van der Waals surface area contributed by atoms with Gasteiger partial charge in [0, 0.05) is 5.88 Å². The van der Waals surface area contributed by atoms with Gasteiger partial charge in [0.2, 0.25) is 0 Å². The van der Waals surface area contributed by atoms with Gasteiger partial charge in [0.1, 0.15) is 5.56 Å². The van der Waals surface area contributed by atoms with E-state index in [-0.39, 0.29) is 5.56 Å². The van der Waals surface area contributed by atoms with Gasteiger partial charge in [0.05, 0.1) is 5.88 Å². The smallest absolute Gasteiger partial charge is 0.164 e. The van der Waals surface area contributed by atoms with Gasteiger partial charge in [-0.05, 0) is 6.04 Å². The predicted molar refractivity (Wildman–Crippen MR) is 45.5 cm³/mol. The summed E-state index contributed by atoms with van der Waals surface area (Å²) < 4.78 is 5.12. The zero-order valence-electron chi connectivity index (χ0n) is 4.95. The highest BCUT2D eigenvalue weighted by Gasteiger charge is 1.99. The van der Waals surface area contributed by atoms with Crippen LogP contribution >= 0.6 is 34.8 Å². The first kappa shape index (κ1) is 10.0. The van der Waals surface area contributed by atoms with E-state index in [1.165, 1.54) is 0 Å². The number of rotatable bonds is 5. The summed E-state index contributed by atoms with van der Waals surface area (Å²) >= 11 is 16.3. The van der Waals surface area contributed by atoms with E-state index in [4.69, 9.17) is 39.2 Å². The Morgan fingerprint density at radius 3 is 2.56 bits per heavy atom. The van der Waals surface area contributed by atoms with Crippen molar-refractivity contribution in [2.75, 3.05) is 11.8 Å². The van der Waals surface area contributed by atoms with Crippen LogP contribution in [0.3, 0.4) is 0 Å². The number of halogens is 3. The average Bonchev–Trinajstić information content (AvgIpc) is 1.89. The zero-order chi connectivity index (χ0) is 7.11. The van der Waals surface area contributed by atoms with Crippen molar-refractivity contribution in [1.29, 1.82) is 0 Å². The van der Waals surface area contributed by atoms with Crippen LogP contribution in [0.25, 0.3) is 0 Å². The summed E-state index contributed by atoms with van der Waals surface area (Å²) in [5.74, 6) is 1.02. The second-order valence-electron chi connectivity index (χ2n) is 1.48. The molecule has 0 aliphatic carbocycles. The van der Waals surface area contributed by atoms with Crippen LogP contribution in [-0.2, 0) is 4.43 Å². The molecule has 0 rings (SSSR count). The third kappa shape index (κ3) is 6.94. The molecule has 1 unspecified atom stereocenters. The summed E-state index contributed by atoms with van der Waals surface area (Å²) in [4.78, 5) is 0. The fourth-order valence-corrected chi connectivity index (χ4v) is 1.79. The minimum absolute atomic E-state index is 0.304. The summed E-state index contributed by atoms with van der Waals surface area (Å²) in [6, 6.07) is 0.960. The minimum atomic E-state index is -0.495. The van der Waals surface area contributed by atoms with Gasteiger partial charge in [-0.25, -0.2) is 0 Å². The maximum atomic E-state index is 5.54. The van der Waals surface area contributed by atoms with Crippen LogP contribution in [0, 0.1) is 0 Å². The van der Waals surface area contributed by atoms with E-state index in [1.807, 2.05) is 0 Å². The molecule has 1 nitrogen and oxygen atoms in total. The van der Waals surface area contributed by atoms with E-state index in [0.717, 1.165) is 6.04 Å². The third-order valence-electron chi connectivity index (χ3n) is 0.698. The molecule has 0 bridgehead atoms. The monoisotopic (exact) mass is 206 g/mol.